The lowest BCUT2D eigenvalue weighted by Crippen LogP contribution is -2.41. The standard InChI is InChI=1S/C15H22N2O3/c1-9-13(19-2)6-11(7-14(9)20-3)15(18)17-12(8-16)10-4-5-10/h6-7,10,12H,4-5,8,16H2,1-3H3,(H,17,18). The minimum absolute atomic E-state index is 0.0563. The van der Waals surface area contributed by atoms with Crippen molar-refractivity contribution >= 4 is 5.91 Å². The Kier molecular flexibility index (Phi) is 4.49. The summed E-state index contributed by atoms with van der Waals surface area (Å²) in [5.41, 5.74) is 7.12. The van der Waals surface area contributed by atoms with E-state index in [1.165, 1.54) is 0 Å². The molecule has 1 atom stereocenters. The van der Waals surface area contributed by atoms with Gasteiger partial charge in [-0.3, -0.25) is 4.79 Å². The number of ether oxygens (including phenoxy) is 2. The third-order valence-electron chi connectivity index (χ3n) is 3.78. The lowest BCUT2D eigenvalue weighted by Gasteiger charge is -2.17. The van der Waals surface area contributed by atoms with Gasteiger partial charge < -0.3 is 20.5 Å². The van der Waals surface area contributed by atoms with Crippen molar-refractivity contribution in [1.29, 1.82) is 0 Å². The summed E-state index contributed by atoms with van der Waals surface area (Å²) < 4.78 is 10.6. The Morgan fingerprint density at radius 1 is 1.35 bits per heavy atom. The van der Waals surface area contributed by atoms with Crippen LogP contribution >= 0.6 is 0 Å². The van der Waals surface area contributed by atoms with Crippen molar-refractivity contribution in [3.05, 3.63) is 23.3 Å². The first-order chi connectivity index (χ1) is 9.60. The summed E-state index contributed by atoms with van der Waals surface area (Å²) in [4.78, 5) is 12.3. The molecule has 0 bridgehead atoms. The van der Waals surface area contributed by atoms with Crippen LogP contribution in [0.25, 0.3) is 0 Å². The van der Waals surface area contributed by atoms with E-state index in [2.05, 4.69) is 5.32 Å². The molecule has 1 fully saturated rings. The van der Waals surface area contributed by atoms with Crippen LogP contribution in [0.3, 0.4) is 0 Å². The van der Waals surface area contributed by atoms with Crippen LogP contribution in [0.4, 0.5) is 0 Å². The van der Waals surface area contributed by atoms with Crippen LogP contribution in [0, 0.1) is 12.8 Å². The van der Waals surface area contributed by atoms with E-state index in [0.717, 1.165) is 18.4 Å². The SMILES string of the molecule is COc1cc(C(=O)NC(CN)C2CC2)cc(OC)c1C. The van der Waals surface area contributed by atoms with E-state index in [1.54, 1.807) is 26.4 Å². The zero-order valence-corrected chi connectivity index (χ0v) is 12.2. The first-order valence-corrected chi connectivity index (χ1v) is 6.84. The molecule has 1 aliphatic rings. The molecule has 0 saturated heterocycles. The molecule has 0 spiro atoms. The highest BCUT2D eigenvalue weighted by Gasteiger charge is 2.31. The van der Waals surface area contributed by atoms with Gasteiger partial charge in [-0.05, 0) is 37.8 Å². The Morgan fingerprint density at radius 2 is 1.90 bits per heavy atom. The highest BCUT2D eigenvalue weighted by atomic mass is 16.5. The Labute approximate surface area is 119 Å². The van der Waals surface area contributed by atoms with Crippen LogP contribution in [0.15, 0.2) is 12.1 Å². The molecule has 1 aliphatic carbocycles. The summed E-state index contributed by atoms with van der Waals surface area (Å²) in [5, 5.41) is 2.99. The van der Waals surface area contributed by atoms with Crippen molar-refractivity contribution in [2.24, 2.45) is 11.7 Å². The van der Waals surface area contributed by atoms with Crippen molar-refractivity contribution in [3.63, 3.8) is 0 Å². The number of carbonyl (C=O) groups excluding carboxylic acids is 1. The normalized spacial score (nSPS) is 15.6. The molecule has 1 amide bonds. The summed E-state index contributed by atoms with van der Waals surface area (Å²) in [6.07, 6.45) is 2.28. The molecule has 110 valence electrons. The number of hydrogen-bond acceptors (Lipinski definition) is 4. The molecule has 3 N–H and O–H groups in total. The summed E-state index contributed by atoms with van der Waals surface area (Å²) in [6, 6.07) is 3.52. The maximum absolute atomic E-state index is 12.3. The van der Waals surface area contributed by atoms with Gasteiger partial charge in [-0.15, -0.1) is 0 Å². The number of nitrogens with one attached hydrogen (secondary N) is 1. The zero-order chi connectivity index (χ0) is 14.7. The summed E-state index contributed by atoms with van der Waals surface area (Å²) >= 11 is 0. The second-order valence-electron chi connectivity index (χ2n) is 5.16. The molecule has 1 aromatic rings. The number of nitrogens with two attached hydrogens (primary N) is 1. The van der Waals surface area contributed by atoms with Gasteiger partial charge in [-0.25, -0.2) is 0 Å². The van der Waals surface area contributed by atoms with E-state index < -0.39 is 0 Å². The number of amides is 1. The van der Waals surface area contributed by atoms with Gasteiger partial charge in [0.2, 0.25) is 0 Å². The number of benzene rings is 1. The van der Waals surface area contributed by atoms with E-state index in [1.807, 2.05) is 6.92 Å². The van der Waals surface area contributed by atoms with E-state index in [0.29, 0.717) is 29.5 Å². The second-order valence-corrected chi connectivity index (χ2v) is 5.16. The summed E-state index contributed by atoms with van der Waals surface area (Å²) in [6.45, 7) is 2.36. The first-order valence-electron chi connectivity index (χ1n) is 6.84. The maximum Gasteiger partial charge on any atom is 0.251 e. The second kappa shape index (κ2) is 6.13. The lowest BCUT2D eigenvalue weighted by atomic mass is 10.1. The fourth-order valence-electron chi connectivity index (χ4n) is 2.34. The highest BCUT2D eigenvalue weighted by Crippen LogP contribution is 2.33. The zero-order valence-electron chi connectivity index (χ0n) is 12.2. The van der Waals surface area contributed by atoms with Crippen molar-refractivity contribution in [3.8, 4) is 11.5 Å². The average Bonchev–Trinajstić information content (AvgIpc) is 3.29. The van der Waals surface area contributed by atoms with Gasteiger partial charge in [-0.1, -0.05) is 0 Å². The van der Waals surface area contributed by atoms with Crippen LogP contribution in [0.1, 0.15) is 28.8 Å². The Bertz CT molecular complexity index is 473. The van der Waals surface area contributed by atoms with Crippen LogP contribution in [-0.4, -0.2) is 32.7 Å². The molecule has 1 saturated carbocycles. The van der Waals surface area contributed by atoms with Gasteiger partial charge in [0.15, 0.2) is 0 Å². The molecule has 20 heavy (non-hydrogen) atoms. The van der Waals surface area contributed by atoms with Gasteiger partial charge in [0, 0.05) is 23.7 Å². The molecule has 0 aromatic heterocycles. The molecule has 5 heteroatoms. The summed E-state index contributed by atoms with van der Waals surface area (Å²) in [7, 11) is 3.16. The van der Waals surface area contributed by atoms with Gasteiger partial charge >= 0.3 is 0 Å². The van der Waals surface area contributed by atoms with E-state index in [4.69, 9.17) is 15.2 Å². The van der Waals surface area contributed by atoms with Crippen LogP contribution in [0.5, 0.6) is 11.5 Å². The maximum atomic E-state index is 12.3. The van der Waals surface area contributed by atoms with Gasteiger partial charge in [0.1, 0.15) is 11.5 Å². The van der Waals surface area contributed by atoms with Gasteiger partial charge in [-0.2, -0.15) is 0 Å². The van der Waals surface area contributed by atoms with Crippen molar-refractivity contribution in [2.75, 3.05) is 20.8 Å². The fraction of sp³-hybridized carbons (Fsp3) is 0.533. The molecular weight excluding hydrogens is 256 g/mol. The van der Waals surface area contributed by atoms with Crippen LogP contribution in [0.2, 0.25) is 0 Å². The number of methoxy groups -OCH3 is 2. The van der Waals surface area contributed by atoms with Gasteiger partial charge in [0.25, 0.3) is 5.91 Å². The molecule has 0 radical (unpaired) electrons. The number of rotatable bonds is 6. The molecule has 0 aliphatic heterocycles. The topological polar surface area (TPSA) is 73.6 Å². The molecule has 0 heterocycles. The quantitative estimate of drug-likeness (QED) is 0.826. The third-order valence-corrected chi connectivity index (χ3v) is 3.78. The largest absolute Gasteiger partial charge is 0.496 e. The molecule has 1 aromatic carbocycles. The summed E-state index contributed by atoms with van der Waals surface area (Å²) in [5.74, 6) is 1.68. The van der Waals surface area contributed by atoms with E-state index in [-0.39, 0.29) is 11.9 Å². The molecule has 1 unspecified atom stereocenters. The van der Waals surface area contributed by atoms with Crippen LogP contribution < -0.4 is 20.5 Å². The van der Waals surface area contributed by atoms with E-state index in [9.17, 15) is 4.79 Å². The van der Waals surface area contributed by atoms with Crippen molar-refractivity contribution in [2.45, 2.75) is 25.8 Å². The number of hydrogen-bond donors (Lipinski definition) is 2. The lowest BCUT2D eigenvalue weighted by molar-refractivity contribution is 0.0932. The molecule has 2 rings (SSSR count). The predicted octanol–water partition coefficient (Wildman–Crippen LogP) is 1.48. The van der Waals surface area contributed by atoms with Crippen LogP contribution in [-0.2, 0) is 0 Å². The Balaban J connectivity index is 2.20. The van der Waals surface area contributed by atoms with Crippen molar-refractivity contribution in [1.82, 2.24) is 5.32 Å². The van der Waals surface area contributed by atoms with Crippen molar-refractivity contribution < 1.29 is 14.3 Å². The Hall–Kier alpha value is -1.75. The molecule has 5 nitrogen and oxygen atoms in total. The average molecular weight is 278 g/mol. The fourth-order valence-corrected chi connectivity index (χ4v) is 2.34. The predicted molar refractivity (Wildman–Crippen MR) is 77.3 cm³/mol. The van der Waals surface area contributed by atoms with Gasteiger partial charge in [0.05, 0.1) is 14.2 Å². The third kappa shape index (κ3) is 3.04. The molecular formula is C15H22N2O3. The monoisotopic (exact) mass is 278 g/mol. The highest BCUT2D eigenvalue weighted by molar-refractivity contribution is 5.95. The minimum atomic E-state index is -0.135. The minimum Gasteiger partial charge on any atom is -0.496 e. The number of carbonyl (C=O) groups is 1. The first kappa shape index (κ1) is 14.7. The van der Waals surface area contributed by atoms with E-state index >= 15 is 0 Å². The smallest absolute Gasteiger partial charge is 0.251 e. The Morgan fingerprint density at radius 3 is 2.30 bits per heavy atom.